The highest BCUT2D eigenvalue weighted by molar-refractivity contribution is 6.33. The van der Waals surface area contributed by atoms with Gasteiger partial charge in [-0.25, -0.2) is 0 Å². The molecule has 1 aliphatic heterocycles. The molecule has 1 heterocycles. The summed E-state index contributed by atoms with van der Waals surface area (Å²) in [6.45, 7) is 6.52. The molecule has 0 saturated carbocycles. The first-order valence-electron chi connectivity index (χ1n) is 7.11. The maximum Gasteiger partial charge on any atom is 0.165 e. The Hall–Kier alpha value is -0.860. The van der Waals surface area contributed by atoms with Gasteiger partial charge in [-0.3, -0.25) is 9.69 Å². The molecule has 0 bridgehead atoms. The Morgan fingerprint density at radius 1 is 1.37 bits per heavy atom. The highest BCUT2D eigenvalue weighted by Gasteiger charge is 2.24. The molecule has 2 atom stereocenters. The van der Waals surface area contributed by atoms with Gasteiger partial charge in [-0.1, -0.05) is 30.7 Å². The van der Waals surface area contributed by atoms with Crippen LogP contribution in [-0.2, 0) is 0 Å². The zero-order valence-electron chi connectivity index (χ0n) is 11.7. The molecule has 3 heteroatoms. The summed E-state index contributed by atoms with van der Waals surface area (Å²) in [5.41, 5.74) is 0.655. The van der Waals surface area contributed by atoms with Crippen LogP contribution in [0.2, 0.25) is 5.02 Å². The summed E-state index contributed by atoms with van der Waals surface area (Å²) in [7, 11) is 0. The van der Waals surface area contributed by atoms with Gasteiger partial charge in [0.25, 0.3) is 0 Å². The number of hydrogen-bond acceptors (Lipinski definition) is 2. The highest BCUT2D eigenvalue weighted by atomic mass is 35.5. The predicted molar refractivity (Wildman–Crippen MR) is 79.8 cm³/mol. The molecule has 1 aromatic rings. The lowest BCUT2D eigenvalue weighted by Gasteiger charge is -2.37. The number of likely N-dealkylation sites (tertiary alicyclic amines) is 1. The third-order valence-corrected chi connectivity index (χ3v) is 4.63. The molecule has 0 aliphatic carbocycles. The summed E-state index contributed by atoms with van der Waals surface area (Å²) in [4.78, 5) is 14.6. The van der Waals surface area contributed by atoms with Crippen molar-refractivity contribution < 1.29 is 4.79 Å². The third-order valence-electron chi connectivity index (χ3n) is 4.30. The molecular formula is C16H22ClNO. The first-order chi connectivity index (χ1) is 9.09. The highest BCUT2D eigenvalue weighted by Crippen LogP contribution is 2.23. The molecular weight excluding hydrogens is 258 g/mol. The van der Waals surface area contributed by atoms with Crippen LogP contribution in [0.5, 0.6) is 0 Å². The Balaban J connectivity index is 1.92. The van der Waals surface area contributed by atoms with Crippen LogP contribution in [0, 0.1) is 5.92 Å². The van der Waals surface area contributed by atoms with Crippen LogP contribution in [0.1, 0.15) is 43.5 Å². The monoisotopic (exact) mass is 279 g/mol. The number of hydrogen-bond donors (Lipinski definition) is 0. The van der Waals surface area contributed by atoms with E-state index < -0.39 is 0 Å². The SMILES string of the molecule is CC1CCCN(CCC(=O)c2ccccc2Cl)C1C. The van der Waals surface area contributed by atoms with E-state index in [-0.39, 0.29) is 5.78 Å². The lowest BCUT2D eigenvalue weighted by molar-refractivity contribution is 0.0878. The second kappa shape index (κ2) is 6.53. The minimum atomic E-state index is 0.149. The summed E-state index contributed by atoms with van der Waals surface area (Å²) in [6, 6.07) is 7.89. The predicted octanol–water partition coefficient (Wildman–Crippen LogP) is 4.03. The summed E-state index contributed by atoms with van der Waals surface area (Å²) >= 11 is 6.06. The lowest BCUT2D eigenvalue weighted by atomic mass is 9.92. The first-order valence-corrected chi connectivity index (χ1v) is 7.49. The van der Waals surface area contributed by atoms with E-state index in [0.717, 1.165) is 19.0 Å². The van der Waals surface area contributed by atoms with E-state index in [1.165, 1.54) is 12.8 Å². The fourth-order valence-corrected chi connectivity index (χ4v) is 3.04. The fourth-order valence-electron chi connectivity index (χ4n) is 2.80. The topological polar surface area (TPSA) is 20.3 Å². The molecule has 2 nitrogen and oxygen atoms in total. The normalized spacial score (nSPS) is 24.4. The number of ketones is 1. The Morgan fingerprint density at radius 2 is 2.11 bits per heavy atom. The van der Waals surface area contributed by atoms with Crippen LogP contribution >= 0.6 is 11.6 Å². The van der Waals surface area contributed by atoms with Crippen LogP contribution in [0.15, 0.2) is 24.3 Å². The first kappa shape index (κ1) is 14.5. The Kier molecular flexibility index (Phi) is 5.00. The second-order valence-electron chi connectivity index (χ2n) is 5.55. The zero-order chi connectivity index (χ0) is 13.8. The number of carbonyl (C=O) groups excluding carboxylic acids is 1. The third kappa shape index (κ3) is 3.58. The van der Waals surface area contributed by atoms with Crippen LogP contribution in [0.25, 0.3) is 0 Å². The molecule has 0 radical (unpaired) electrons. The molecule has 2 rings (SSSR count). The minimum Gasteiger partial charge on any atom is -0.300 e. The molecule has 1 aromatic carbocycles. The van der Waals surface area contributed by atoms with Crippen molar-refractivity contribution in [3.63, 3.8) is 0 Å². The van der Waals surface area contributed by atoms with Gasteiger partial charge in [-0.15, -0.1) is 0 Å². The van der Waals surface area contributed by atoms with E-state index in [1.807, 2.05) is 18.2 Å². The van der Waals surface area contributed by atoms with Crippen LogP contribution in [0.3, 0.4) is 0 Å². The van der Waals surface area contributed by atoms with E-state index in [1.54, 1.807) is 6.07 Å². The van der Waals surface area contributed by atoms with E-state index in [4.69, 9.17) is 11.6 Å². The van der Waals surface area contributed by atoms with Crippen molar-refractivity contribution in [2.45, 2.75) is 39.2 Å². The maximum absolute atomic E-state index is 12.2. The number of halogens is 1. The average Bonchev–Trinajstić information content (AvgIpc) is 2.40. The Bertz CT molecular complexity index is 446. The van der Waals surface area contributed by atoms with E-state index in [2.05, 4.69) is 18.7 Å². The largest absolute Gasteiger partial charge is 0.300 e. The number of benzene rings is 1. The van der Waals surface area contributed by atoms with Gasteiger partial charge < -0.3 is 0 Å². The van der Waals surface area contributed by atoms with E-state index >= 15 is 0 Å². The Labute approximate surface area is 120 Å². The molecule has 0 spiro atoms. The number of Topliss-reactive ketones (excluding diaryl/α,β-unsaturated/α-hetero) is 1. The van der Waals surface area contributed by atoms with Crippen molar-refractivity contribution in [2.24, 2.45) is 5.92 Å². The van der Waals surface area contributed by atoms with Crippen LogP contribution in [-0.4, -0.2) is 29.8 Å². The number of nitrogens with zero attached hydrogens (tertiary/aromatic N) is 1. The molecule has 104 valence electrons. The summed E-state index contributed by atoms with van der Waals surface area (Å²) in [5.74, 6) is 0.875. The Morgan fingerprint density at radius 3 is 2.84 bits per heavy atom. The summed E-state index contributed by atoms with van der Waals surface area (Å²) in [6.07, 6.45) is 3.10. The quantitative estimate of drug-likeness (QED) is 0.776. The summed E-state index contributed by atoms with van der Waals surface area (Å²) in [5, 5.41) is 0.563. The van der Waals surface area contributed by atoms with Gasteiger partial charge in [-0.05, 0) is 44.4 Å². The summed E-state index contributed by atoms with van der Waals surface area (Å²) < 4.78 is 0. The van der Waals surface area contributed by atoms with Crippen molar-refractivity contribution in [1.82, 2.24) is 4.90 Å². The van der Waals surface area contributed by atoms with Crippen molar-refractivity contribution in [1.29, 1.82) is 0 Å². The lowest BCUT2D eigenvalue weighted by Crippen LogP contribution is -2.43. The molecule has 1 saturated heterocycles. The van der Waals surface area contributed by atoms with Crippen molar-refractivity contribution in [3.05, 3.63) is 34.9 Å². The molecule has 1 fully saturated rings. The molecule has 0 amide bonds. The maximum atomic E-state index is 12.2. The van der Waals surface area contributed by atoms with Crippen LogP contribution in [0.4, 0.5) is 0 Å². The van der Waals surface area contributed by atoms with Gasteiger partial charge in [0.1, 0.15) is 0 Å². The smallest absolute Gasteiger partial charge is 0.165 e. The van der Waals surface area contributed by atoms with Crippen LogP contribution < -0.4 is 0 Å². The average molecular weight is 280 g/mol. The number of carbonyl (C=O) groups is 1. The van der Waals surface area contributed by atoms with Gasteiger partial charge in [0.2, 0.25) is 0 Å². The zero-order valence-corrected chi connectivity index (χ0v) is 12.5. The van der Waals surface area contributed by atoms with Crippen molar-refractivity contribution >= 4 is 17.4 Å². The van der Waals surface area contributed by atoms with Gasteiger partial charge in [0.05, 0.1) is 5.02 Å². The van der Waals surface area contributed by atoms with E-state index in [0.29, 0.717) is 23.0 Å². The second-order valence-corrected chi connectivity index (χ2v) is 5.96. The number of rotatable bonds is 4. The molecule has 19 heavy (non-hydrogen) atoms. The molecule has 2 unspecified atom stereocenters. The minimum absolute atomic E-state index is 0.149. The number of piperidine rings is 1. The van der Waals surface area contributed by atoms with Crippen molar-refractivity contribution in [2.75, 3.05) is 13.1 Å². The van der Waals surface area contributed by atoms with Gasteiger partial charge in [-0.2, -0.15) is 0 Å². The molecule has 0 N–H and O–H groups in total. The van der Waals surface area contributed by atoms with Gasteiger partial charge in [0.15, 0.2) is 5.78 Å². The van der Waals surface area contributed by atoms with E-state index in [9.17, 15) is 4.79 Å². The van der Waals surface area contributed by atoms with Gasteiger partial charge >= 0.3 is 0 Å². The van der Waals surface area contributed by atoms with Crippen molar-refractivity contribution in [3.8, 4) is 0 Å². The molecule has 0 aromatic heterocycles. The standard InChI is InChI=1S/C16H22ClNO/c1-12-6-5-10-18(13(12)2)11-9-16(19)14-7-3-4-8-15(14)17/h3-4,7-8,12-13H,5-6,9-11H2,1-2H3. The fraction of sp³-hybridized carbons (Fsp3) is 0.562. The molecule has 1 aliphatic rings. The van der Waals surface area contributed by atoms with Gasteiger partial charge in [0, 0.05) is 24.6 Å².